The number of terminal acetylenes is 1. The van der Waals surface area contributed by atoms with Crippen molar-refractivity contribution in [3.05, 3.63) is 71.5 Å². The normalized spacial score (nSPS) is 16.6. The quantitative estimate of drug-likeness (QED) is 0.626. The molecule has 0 spiro atoms. The van der Waals surface area contributed by atoms with Gasteiger partial charge in [0.25, 0.3) is 0 Å². The van der Waals surface area contributed by atoms with Crippen molar-refractivity contribution in [2.75, 3.05) is 6.54 Å². The first-order valence-corrected chi connectivity index (χ1v) is 9.55. The molecule has 0 aliphatic carbocycles. The van der Waals surface area contributed by atoms with Crippen LogP contribution in [0.15, 0.2) is 59.0 Å². The first kappa shape index (κ1) is 17.4. The van der Waals surface area contributed by atoms with Crippen molar-refractivity contribution >= 4 is 16.9 Å². The molecular formula is C24H23NO2. The summed E-state index contributed by atoms with van der Waals surface area (Å²) in [6, 6.07) is 18.2. The van der Waals surface area contributed by atoms with Crippen LogP contribution in [0.2, 0.25) is 0 Å². The summed E-state index contributed by atoms with van der Waals surface area (Å²) in [5, 5.41) is 1.05. The summed E-state index contributed by atoms with van der Waals surface area (Å²) in [4.78, 5) is 14.8. The van der Waals surface area contributed by atoms with Gasteiger partial charge in [0.15, 0.2) is 0 Å². The predicted octanol–water partition coefficient (Wildman–Crippen LogP) is 4.58. The van der Waals surface area contributed by atoms with Crippen LogP contribution in [0.3, 0.4) is 0 Å². The predicted molar refractivity (Wildman–Crippen MR) is 107 cm³/mol. The average Bonchev–Trinajstić information content (AvgIpc) is 3.32. The Balaban J connectivity index is 1.40. The van der Waals surface area contributed by atoms with Gasteiger partial charge in [0.1, 0.15) is 11.3 Å². The van der Waals surface area contributed by atoms with Gasteiger partial charge >= 0.3 is 0 Å². The maximum Gasteiger partial charge on any atom is 0.227 e. The van der Waals surface area contributed by atoms with E-state index in [1.807, 2.05) is 48.5 Å². The molecule has 0 bridgehead atoms. The fourth-order valence-corrected chi connectivity index (χ4v) is 3.96. The van der Waals surface area contributed by atoms with E-state index in [2.05, 4.69) is 16.9 Å². The molecule has 1 amide bonds. The largest absolute Gasteiger partial charge is 0.461 e. The summed E-state index contributed by atoms with van der Waals surface area (Å²) >= 11 is 0. The molecule has 27 heavy (non-hydrogen) atoms. The molecule has 2 aromatic carbocycles. The summed E-state index contributed by atoms with van der Waals surface area (Å²) in [5.74, 6) is 3.85. The fourth-order valence-electron chi connectivity index (χ4n) is 3.96. The topological polar surface area (TPSA) is 33.5 Å². The molecule has 4 rings (SSSR count). The van der Waals surface area contributed by atoms with Gasteiger partial charge < -0.3 is 9.32 Å². The molecule has 3 aromatic rings. The van der Waals surface area contributed by atoms with Crippen LogP contribution in [0.1, 0.15) is 36.1 Å². The van der Waals surface area contributed by atoms with E-state index in [0.29, 0.717) is 12.5 Å². The maximum atomic E-state index is 12.7. The molecule has 1 aromatic heterocycles. The van der Waals surface area contributed by atoms with Crippen LogP contribution in [0.25, 0.3) is 11.0 Å². The zero-order valence-corrected chi connectivity index (χ0v) is 15.4. The van der Waals surface area contributed by atoms with E-state index in [0.717, 1.165) is 60.1 Å². The second kappa shape index (κ2) is 7.72. The Bertz CT molecular complexity index is 981. The number of carbonyl (C=O) groups is 1. The van der Waals surface area contributed by atoms with Crippen molar-refractivity contribution in [2.45, 2.75) is 38.1 Å². The number of furan rings is 1. The number of carbonyl (C=O) groups excluding carboxylic acids is 1. The molecule has 0 N–H and O–H groups in total. The van der Waals surface area contributed by atoms with Gasteiger partial charge in [-0.25, -0.2) is 0 Å². The molecule has 136 valence electrons. The van der Waals surface area contributed by atoms with Crippen LogP contribution < -0.4 is 0 Å². The second-order valence-corrected chi connectivity index (χ2v) is 7.19. The first-order valence-electron chi connectivity index (χ1n) is 9.55. The third kappa shape index (κ3) is 3.90. The van der Waals surface area contributed by atoms with Crippen molar-refractivity contribution in [2.24, 2.45) is 0 Å². The van der Waals surface area contributed by atoms with E-state index in [-0.39, 0.29) is 5.91 Å². The van der Waals surface area contributed by atoms with Crippen molar-refractivity contribution in [1.29, 1.82) is 0 Å². The SMILES string of the molecule is C#Cc1ccc2oc(CCC3CCCN3C(=O)Cc3ccccc3)cc2c1. The molecular weight excluding hydrogens is 334 g/mol. The Morgan fingerprint density at radius 1 is 1.19 bits per heavy atom. The first-order chi connectivity index (χ1) is 13.2. The van der Waals surface area contributed by atoms with Crippen LogP contribution in [0, 0.1) is 12.3 Å². The molecule has 3 nitrogen and oxygen atoms in total. The lowest BCUT2D eigenvalue weighted by Crippen LogP contribution is -2.36. The zero-order valence-electron chi connectivity index (χ0n) is 15.4. The molecule has 2 heterocycles. The van der Waals surface area contributed by atoms with E-state index in [1.54, 1.807) is 0 Å². The van der Waals surface area contributed by atoms with Gasteiger partial charge in [-0.15, -0.1) is 6.42 Å². The number of benzene rings is 2. The van der Waals surface area contributed by atoms with Crippen LogP contribution >= 0.6 is 0 Å². The van der Waals surface area contributed by atoms with Crippen LogP contribution in [0.5, 0.6) is 0 Å². The molecule has 1 unspecified atom stereocenters. The molecule has 1 atom stereocenters. The van der Waals surface area contributed by atoms with E-state index < -0.39 is 0 Å². The lowest BCUT2D eigenvalue weighted by Gasteiger charge is -2.24. The smallest absolute Gasteiger partial charge is 0.227 e. The lowest BCUT2D eigenvalue weighted by atomic mass is 10.1. The Kier molecular flexibility index (Phi) is 4.98. The molecule has 0 saturated carbocycles. The summed E-state index contributed by atoms with van der Waals surface area (Å²) in [6.07, 6.45) is 9.87. The average molecular weight is 357 g/mol. The third-order valence-electron chi connectivity index (χ3n) is 5.35. The van der Waals surface area contributed by atoms with Crippen molar-refractivity contribution in [3.63, 3.8) is 0 Å². The summed E-state index contributed by atoms with van der Waals surface area (Å²) in [6.45, 7) is 0.863. The zero-order chi connectivity index (χ0) is 18.6. The van der Waals surface area contributed by atoms with Gasteiger partial charge in [0.2, 0.25) is 5.91 Å². The van der Waals surface area contributed by atoms with Gasteiger partial charge in [-0.05, 0) is 49.1 Å². The molecule has 3 heteroatoms. The van der Waals surface area contributed by atoms with E-state index >= 15 is 0 Å². The number of amides is 1. The standard InChI is InChI=1S/C24H23NO2/c1-2-18-10-13-23-20(15-18)17-22(27-23)12-11-21-9-6-14-25(21)24(26)16-19-7-4-3-5-8-19/h1,3-5,7-8,10,13,15,17,21H,6,9,11-12,14,16H2. The van der Waals surface area contributed by atoms with Crippen LogP contribution in [0.4, 0.5) is 0 Å². The molecule has 1 aliphatic rings. The van der Waals surface area contributed by atoms with E-state index in [4.69, 9.17) is 10.8 Å². The van der Waals surface area contributed by atoms with Crippen molar-refractivity contribution < 1.29 is 9.21 Å². The summed E-state index contributed by atoms with van der Waals surface area (Å²) < 4.78 is 5.95. The van der Waals surface area contributed by atoms with Gasteiger partial charge in [-0.3, -0.25) is 4.79 Å². The maximum absolute atomic E-state index is 12.7. The summed E-state index contributed by atoms with van der Waals surface area (Å²) in [7, 11) is 0. The number of rotatable bonds is 5. The molecule has 0 radical (unpaired) electrons. The minimum atomic E-state index is 0.229. The number of fused-ring (bicyclic) bond motifs is 1. The number of aryl methyl sites for hydroxylation is 1. The Morgan fingerprint density at radius 3 is 2.85 bits per heavy atom. The van der Waals surface area contributed by atoms with Gasteiger partial charge in [-0.1, -0.05) is 36.3 Å². The molecule has 1 saturated heterocycles. The lowest BCUT2D eigenvalue weighted by molar-refractivity contribution is -0.131. The van der Waals surface area contributed by atoms with E-state index in [9.17, 15) is 4.79 Å². The van der Waals surface area contributed by atoms with Gasteiger partial charge in [0.05, 0.1) is 6.42 Å². The number of likely N-dealkylation sites (tertiary alicyclic amines) is 1. The highest BCUT2D eigenvalue weighted by Crippen LogP contribution is 2.26. The fraction of sp³-hybridized carbons (Fsp3) is 0.292. The number of nitrogens with zero attached hydrogens (tertiary/aromatic N) is 1. The van der Waals surface area contributed by atoms with Crippen LogP contribution in [-0.2, 0) is 17.6 Å². The molecule has 1 fully saturated rings. The van der Waals surface area contributed by atoms with E-state index in [1.165, 1.54) is 0 Å². The third-order valence-corrected chi connectivity index (χ3v) is 5.35. The van der Waals surface area contributed by atoms with Gasteiger partial charge in [-0.2, -0.15) is 0 Å². The Hall–Kier alpha value is -2.99. The molecule has 1 aliphatic heterocycles. The minimum absolute atomic E-state index is 0.229. The minimum Gasteiger partial charge on any atom is -0.461 e. The van der Waals surface area contributed by atoms with Crippen LogP contribution in [-0.4, -0.2) is 23.4 Å². The highest BCUT2D eigenvalue weighted by atomic mass is 16.3. The summed E-state index contributed by atoms with van der Waals surface area (Å²) in [5.41, 5.74) is 2.81. The highest BCUT2D eigenvalue weighted by molar-refractivity contribution is 5.80. The monoisotopic (exact) mass is 357 g/mol. The highest BCUT2D eigenvalue weighted by Gasteiger charge is 2.28. The van der Waals surface area contributed by atoms with Crippen molar-refractivity contribution in [3.8, 4) is 12.3 Å². The number of hydrogen-bond acceptors (Lipinski definition) is 2. The Labute approximate surface area is 160 Å². The van der Waals surface area contributed by atoms with Gasteiger partial charge in [0, 0.05) is 30.0 Å². The Morgan fingerprint density at radius 2 is 2.04 bits per heavy atom. The van der Waals surface area contributed by atoms with Crippen molar-refractivity contribution in [1.82, 2.24) is 4.90 Å². The number of hydrogen-bond donors (Lipinski definition) is 0. The second-order valence-electron chi connectivity index (χ2n) is 7.19.